The molecule has 1 heterocycles. The number of para-hydroxylation sites is 2. The van der Waals surface area contributed by atoms with E-state index in [1.807, 2.05) is 0 Å². The van der Waals surface area contributed by atoms with Gasteiger partial charge in [-0.3, -0.25) is 0 Å². The molecule has 0 atom stereocenters. The van der Waals surface area contributed by atoms with E-state index in [1.54, 1.807) is 0 Å². The van der Waals surface area contributed by atoms with Gasteiger partial charge in [-0.05, 0) is 103 Å². The van der Waals surface area contributed by atoms with E-state index in [0.717, 1.165) is 0 Å². The van der Waals surface area contributed by atoms with E-state index >= 15 is 0 Å². The standard InChI is InChI=1S/C42H42N2/c1-3-12-31(13-4-1)33-22-26-35(27-23-33)43(36-28-24-34(25-29-36)32-14-5-2-6-15-32)37-16-11-17-38(30-37)44-41-20-9-7-18-39(41)40-19-8-10-21-42(40)44/h7-11,16-32H,1-6,12-15H2. The van der Waals surface area contributed by atoms with Crippen LogP contribution in [0.15, 0.2) is 121 Å². The van der Waals surface area contributed by atoms with E-state index in [-0.39, 0.29) is 0 Å². The quantitative estimate of drug-likeness (QED) is 0.192. The van der Waals surface area contributed by atoms with Crippen molar-refractivity contribution in [2.75, 3.05) is 4.90 Å². The molecule has 0 bridgehead atoms. The number of aromatic nitrogens is 1. The van der Waals surface area contributed by atoms with E-state index in [1.165, 1.54) is 120 Å². The predicted molar refractivity (Wildman–Crippen MR) is 187 cm³/mol. The topological polar surface area (TPSA) is 8.17 Å². The summed E-state index contributed by atoms with van der Waals surface area (Å²) in [5.74, 6) is 1.42. The van der Waals surface area contributed by atoms with Gasteiger partial charge in [0.1, 0.15) is 0 Å². The van der Waals surface area contributed by atoms with Crippen molar-refractivity contribution in [3.05, 3.63) is 132 Å². The maximum atomic E-state index is 2.45. The van der Waals surface area contributed by atoms with Gasteiger partial charge < -0.3 is 9.47 Å². The molecule has 0 N–H and O–H groups in total. The minimum absolute atomic E-state index is 0.708. The number of fused-ring (bicyclic) bond motifs is 3. The fourth-order valence-corrected chi connectivity index (χ4v) is 8.08. The number of nitrogens with zero attached hydrogens (tertiary/aromatic N) is 2. The maximum Gasteiger partial charge on any atom is 0.0541 e. The molecule has 0 unspecified atom stereocenters. The molecule has 2 aliphatic rings. The van der Waals surface area contributed by atoms with Gasteiger partial charge in [-0.15, -0.1) is 0 Å². The van der Waals surface area contributed by atoms with Crippen LogP contribution in [0.1, 0.15) is 87.2 Å². The zero-order chi connectivity index (χ0) is 29.3. The van der Waals surface area contributed by atoms with Gasteiger partial charge >= 0.3 is 0 Å². The molecule has 44 heavy (non-hydrogen) atoms. The van der Waals surface area contributed by atoms with Gasteiger partial charge in [0, 0.05) is 33.5 Å². The second-order valence-corrected chi connectivity index (χ2v) is 13.1. The molecule has 0 amide bonds. The van der Waals surface area contributed by atoms with E-state index in [9.17, 15) is 0 Å². The van der Waals surface area contributed by atoms with Crippen molar-refractivity contribution < 1.29 is 0 Å². The summed E-state index contributed by atoms with van der Waals surface area (Å²) in [7, 11) is 0. The molecule has 2 saturated carbocycles. The molecule has 220 valence electrons. The molecular weight excluding hydrogens is 532 g/mol. The average molecular weight is 575 g/mol. The fraction of sp³-hybridized carbons (Fsp3) is 0.286. The summed E-state index contributed by atoms with van der Waals surface area (Å²) in [6, 6.07) is 45.6. The highest BCUT2D eigenvalue weighted by molar-refractivity contribution is 6.09. The van der Waals surface area contributed by atoms with Crippen LogP contribution >= 0.6 is 0 Å². The lowest BCUT2D eigenvalue weighted by Crippen LogP contribution is -2.12. The zero-order valence-corrected chi connectivity index (χ0v) is 25.7. The summed E-state index contributed by atoms with van der Waals surface area (Å²) in [6.45, 7) is 0. The first-order chi connectivity index (χ1) is 21.8. The SMILES string of the molecule is c1cc(N(c2ccc(C3CCCCC3)cc2)c2ccc(C3CCCCC3)cc2)cc(-n2c3ccccc3c3ccccc32)c1. The molecule has 8 rings (SSSR count). The molecule has 5 aromatic carbocycles. The number of hydrogen-bond acceptors (Lipinski definition) is 1. The molecule has 2 nitrogen and oxygen atoms in total. The molecule has 0 radical (unpaired) electrons. The second kappa shape index (κ2) is 12.0. The van der Waals surface area contributed by atoms with Gasteiger partial charge in [-0.1, -0.05) is 105 Å². The molecule has 1 aromatic heterocycles. The lowest BCUT2D eigenvalue weighted by Gasteiger charge is -2.28. The average Bonchev–Trinajstić information content (AvgIpc) is 3.44. The lowest BCUT2D eigenvalue weighted by atomic mass is 9.84. The Morgan fingerprint density at radius 3 is 1.41 bits per heavy atom. The largest absolute Gasteiger partial charge is 0.310 e. The third-order valence-electron chi connectivity index (χ3n) is 10.4. The van der Waals surface area contributed by atoms with Crippen molar-refractivity contribution in [1.29, 1.82) is 0 Å². The normalized spacial score (nSPS) is 16.5. The number of benzene rings is 5. The lowest BCUT2D eigenvalue weighted by molar-refractivity contribution is 0.443. The minimum Gasteiger partial charge on any atom is -0.310 e. The Hall–Kier alpha value is -4.30. The highest BCUT2D eigenvalue weighted by Gasteiger charge is 2.20. The number of hydrogen-bond donors (Lipinski definition) is 0. The summed E-state index contributed by atoms with van der Waals surface area (Å²) < 4.78 is 2.42. The Kier molecular flexibility index (Phi) is 7.44. The smallest absolute Gasteiger partial charge is 0.0541 e. The van der Waals surface area contributed by atoms with Gasteiger partial charge in [0.25, 0.3) is 0 Å². The van der Waals surface area contributed by atoms with E-state index in [0.29, 0.717) is 11.8 Å². The second-order valence-electron chi connectivity index (χ2n) is 13.1. The zero-order valence-electron chi connectivity index (χ0n) is 25.7. The monoisotopic (exact) mass is 574 g/mol. The third kappa shape index (κ3) is 5.11. The Balaban J connectivity index is 1.22. The summed E-state index contributed by atoms with van der Waals surface area (Å²) >= 11 is 0. The first-order valence-corrected chi connectivity index (χ1v) is 16.9. The first-order valence-electron chi connectivity index (χ1n) is 16.9. The summed E-state index contributed by atoms with van der Waals surface area (Å²) in [5, 5.41) is 2.59. The molecular formula is C42H42N2. The first kappa shape index (κ1) is 27.3. The number of anilines is 3. The Bertz CT molecular complexity index is 1750. The van der Waals surface area contributed by atoms with E-state index in [4.69, 9.17) is 0 Å². The Labute approximate surface area is 262 Å². The van der Waals surface area contributed by atoms with Crippen LogP contribution in [0, 0.1) is 0 Å². The van der Waals surface area contributed by atoms with Crippen molar-refractivity contribution in [2.45, 2.75) is 76.0 Å². The van der Waals surface area contributed by atoms with E-state index in [2.05, 4.69) is 131 Å². The van der Waals surface area contributed by atoms with Crippen LogP contribution < -0.4 is 4.90 Å². The van der Waals surface area contributed by atoms with Gasteiger partial charge in [-0.2, -0.15) is 0 Å². The van der Waals surface area contributed by atoms with Crippen LogP contribution in [0.2, 0.25) is 0 Å². The van der Waals surface area contributed by atoms with Crippen molar-refractivity contribution in [1.82, 2.24) is 4.57 Å². The highest BCUT2D eigenvalue weighted by atomic mass is 15.1. The van der Waals surface area contributed by atoms with Gasteiger partial charge in [0.15, 0.2) is 0 Å². The molecule has 2 heteroatoms. The molecule has 0 saturated heterocycles. The molecule has 0 aliphatic heterocycles. The van der Waals surface area contributed by atoms with Gasteiger partial charge in [-0.25, -0.2) is 0 Å². The fourth-order valence-electron chi connectivity index (χ4n) is 8.08. The summed E-state index contributed by atoms with van der Waals surface area (Å²) in [6.07, 6.45) is 13.5. The highest BCUT2D eigenvalue weighted by Crippen LogP contribution is 2.41. The Morgan fingerprint density at radius 1 is 0.432 bits per heavy atom. The van der Waals surface area contributed by atoms with Crippen LogP contribution in [0.25, 0.3) is 27.5 Å². The molecule has 6 aromatic rings. The van der Waals surface area contributed by atoms with Crippen LogP contribution in [0.5, 0.6) is 0 Å². The van der Waals surface area contributed by atoms with Crippen LogP contribution in [-0.2, 0) is 0 Å². The van der Waals surface area contributed by atoms with Crippen LogP contribution in [0.3, 0.4) is 0 Å². The molecule has 2 fully saturated rings. The van der Waals surface area contributed by atoms with Crippen LogP contribution in [-0.4, -0.2) is 4.57 Å². The van der Waals surface area contributed by atoms with Crippen LogP contribution in [0.4, 0.5) is 17.1 Å². The van der Waals surface area contributed by atoms with Crippen molar-refractivity contribution >= 4 is 38.9 Å². The number of rotatable bonds is 6. The van der Waals surface area contributed by atoms with Gasteiger partial charge in [0.05, 0.1) is 11.0 Å². The van der Waals surface area contributed by atoms with E-state index < -0.39 is 0 Å². The van der Waals surface area contributed by atoms with Crippen molar-refractivity contribution in [3.8, 4) is 5.69 Å². The van der Waals surface area contributed by atoms with Gasteiger partial charge in [0.2, 0.25) is 0 Å². The summed E-state index contributed by atoms with van der Waals surface area (Å²) in [5.41, 5.74) is 10.3. The minimum atomic E-state index is 0.708. The summed E-state index contributed by atoms with van der Waals surface area (Å²) in [4.78, 5) is 2.45. The predicted octanol–water partition coefficient (Wildman–Crippen LogP) is 12.3. The third-order valence-corrected chi connectivity index (χ3v) is 10.4. The molecule has 2 aliphatic carbocycles. The van der Waals surface area contributed by atoms with Crippen molar-refractivity contribution in [2.24, 2.45) is 0 Å². The Morgan fingerprint density at radius 2 is 0.909 bits per heavy atom. The van der Waals surface area contributed by atoms with Crippen molar-refractivity contribution in [3.63, 3.8) is 0 Å². The maximum absolute atomic E-state index is 2.45. The molecule has 0 spiro atoms.